The number of nitrogens with two attached hydrogens (primary N) is 1. The second-order valence-electron chi connectivity index (χ2n) is 3.19. The van der Waals surface area contributed by atoms with Crippen LogP contribution in [0.3, 0.4) is 0 Å². The van der Waals surface area contributed by atoms with Crippen LogP contribution in [-0.2, 0) is 6.54 Å². The van der Waals surface area contributed by atoms with Gasteiger partial charge in [-0.1, -0.05) is 15.9 Å². The Morgan fingerprint density at radius 1 is 1.53 bits per heavy atom. The summed E-state index contributed by atoms with van der Waals surface area (Å²) in [5.74, 6) is 0.0439. The lowest BCUT2D eigenvalue weighted by atomic mass is 10.2. The highest BCUT2D eigenvalue weighted by molar-refractivity contribution is 9.10. The fourth-order valence-corrected chi connectivity index (χ4v) is 1.88. The van der Waals surface area contributed by atoms with Gasteiger partial charge in [0.25, 0.3) is 0 Å². The van der Waals surface area contributed by atoms with Crippen molar-refractivity contribution in [2.75, 3.05) is 5.73 Å². The molecule has 0 saturated heterocycles. The highest BCUT2D eigenvalue weighted by atomic mass is 79.9. The van der Waals surface area contributed by atoms with Gasteiger partial charge in [0.15, 0.2) is 5.82 Å². The van der Waals surface area contributed by atoms with Crippen LogP contribution in [0.2, 0.25) is 0 Å². The Kier molecular flexibility index (Phi) is 2.48. The zero-order valence-corrected chi connectivity index (χ0v) is 9.78. The molecule has 0 unspecified atom stereocenters. The van der Waals surface area contributed by atoms with Gasteiger partial charge in [-0.2, -0.15) is 5.10 Å². The number of rotatable bonds is 1. The van der Waals surface area contributed by atoms with Crippen molar-refractivity contribution in [3.8, 4) is 0 Å². The number of fused-ring (bicyclic) bond motifs is 1. The van der Waals surface area contributed by atoms with Crippen LogP contribution in [-0.4, -0.2) is 9.78 Å². The van der Waals surface area contributed by atoms with Crippen molar-refractivity contribution < 1.29 is 0 Å². The van der Waals surface area contributed by atoms with Gasteiger partial charge in [-0.3, -0.25) is 9.48 Å². The molecular formula is C10H10BrN3O. The quantitative estimate of drug-likeness (QED) is 0.857. The van der Waals surface area contributed by atoms with Crippen molar-refractivity contribution >= 4 is 32.7 Å². The lowest BCUT2D eigenvalue weighted by molar-refractivity contribution is 0.673. The lowest BCUT2D eigenvalue weighted by Crippen LogP contribution is -2.17. The van der Waals surface area contributed by atoms with Crippen molar-refractivity contribution in [3.63, 3.8) is 0 Å². The summed E-state index contributed by atoms with van der Waals surface area (Å²) in [4.78, 5) is 11.7. The van der Waals surface area contributed by atoms with E-state index < -0.39 is 0 Å². The smallest absolute Gasteiger partial charge is 0.231 e. The molecule has 15 heavy (non-hydrogen) atoms. The van der Waals surface area contributed by atoms with Gasteiger partial charge in [0.05, 0.1) is 10.9 Å². The molecule has 78 valence electrons. The first-order valence-electron chi connectivity index (χ1n) is 4.59. The first kappa shape index (κ1) is 10.2. The topological polar surface area (TPSA) is 60.9 Å². The number of hydrogen-bond acceptors (Lipinski definition) is 3. The Hall–Kier alpha value is -1.36. The van der Waals surface area contributed by atoms with E-state index in [2.05, 4.69) is 21.0 Å². The van der Waals surface area contributed by atoms with Crippen LogP contribution in [0, 0.1) is 0 Å². The van der Waals surface area contributed by atoms with E-state index >= 15 is 0 Å². The van der Waals surface area contributed by atoms with Crippen LogP contribution in [0.15, 0.2) is 27.5 Å². The number of nitrogen functional groups attached to an aromatic ring is 1. The van der Waals surface area contributed by atoms with E-state index in [9.17, 15) is 4.79 Å². The fourth-order valence-electron chi connectivity index (χ4n) is 1.52. The summed E-state index contributed by atoms with van der Waals surface area (Å²) in [5.41, 5.74) is 6.15. The molecule has 0 radical (unpaired) electrons. The van der Waals surface area contributed by atoms with E-state index in [1.807, 2.05) is 19.1 Å². The minimum Gasteiger partial charge on any atom is -0.379 e. The fraction of sp³-hybridized carbons (Fsp3) is 0.200. The maximum absolute atomic E-state index is 11.7. The van der Waals surface area contributed by atoms with Crippen molar-refractivity contribution in [1.82, 2.24) is 9.78 Å². The maximum atomic E-state index is 11.7. The van der Waals surface area contributed by atoms with Gasteiger partial charge in [-0.15, -0.1) is 0 Å². The van der Waals surface area contributed by atoms with Crippen LogP contribution in [0.4, 0.5) is 5.82 Å². The molecule has 0 bridgehead atoms. The molecule has 1 heterocycles. The summed E-state index contributed by atoms with van der Waals surface area (Å²) in [6.07, 6.45) is 0. The second kappa shape index (κ2) is 3.66. The van der Waals surface area contributed by atoms with Gasteiger partial charge >= 0.3 is 0 Å². The Morgan fingerprint density at radius 3 is 2.93 bits per heavy atom. The summed E-state index contributed by atoms with van der Waals surface area (Å²) in [5, 5.41) is 4.61. The number of nitrogens with zero attached hydrogens (tertiary/aromatic N) is 2. The maximum Gasteiger partial charge on any atom is 0.231 e. The molecule has 0 atom stereocenters. The van der Waals surface area contributed by atoms with Crippen molar-refractivity contribution in [3.05, 3.63) is 32.9 Å². The van der Waals surface area contributed by atoms with E-state index in [-0.39, 0.29) is 11.2 Å². The van der Waals surface area contributed by atoms with Crippen LogP contribution in [0.1, 0.15) is 6.92 Å². The summed E-state index contributed by atoms with van der Waals surface area (Å²) in [6.45, 7) is 2.64. The molecule has 2 N–H and O–H groups in total. The molecule has 0 saturated carbocycles. The Labute approximate surface area is 94.8 Å². The van der Waals surface area contributed by atoms with Crippen molar-refractivity contribution in [2.45, 2.75) is 13.5 Å². The molecule has 5 heteroatoms. The predicted octanol–water partition coefficient (Wildman–Crippen LogP) is 1.76. The van der Waals surface area contributed by atoms with Crippen LogP contribution >= 0.6 is 15.9 Å². The van der Waals surface area contributed by atoms with Crippen LogP contribution in [0.25, 0.3) is 10.9 Å². The third-order valence-electron chi connectivity index (χ3n) is 2.24. The molecule has 2 aromatic rings. The van der Waals surface area contributed by atoms with Gasteiger partial charge in [0.2, 0.25) is 5.43 Å². The molecule has 0 aliphatic heterocycles. The summed E-state index contributed by atoms with van der Waals surface area (Å²) < 4.78 is 2.58. The highest BCUT2D eigenvalue weighted by Gasteiger charge is 2.07. The number of anilines is 1. The van der Waals surface area contributed by atoms with Gasteiger partial charge in [-0.25, -0.2) is 0 Å². The van der Waals surface area contributed by atoms with Crippen LogP contribution in [0.5, 0.6) is 0 Å². The zero-order chi connectivity index (χ0) is 11.0. The van der Waals surface area contributed by atoms with E-state index in [1.54, 1.807) is 10.7 Å². The third kappa shape index (κ3) is 1.63. The molecule has 4 nitrogen and oxygen atoms in total. The number of aromatic nitrogens is 2. The minimum absolute atomic E-state index is 0.0439. The minimum atomic E-state index is -0.212. The molecule has 0 amide bonds. The first-order chi connectivity index (χ1) is 7.13. The largest absolute Gasteiger partial charge is 0.379 e. The molecular weight excluding hydrogens is 258 g/mol. The van der Waals surface area contributed by atoms with Gasteiger partial charge in [-0.05, 0) is 25.1 Å². The van der Waals surface area contributed by atoms with Crippen LogP contribution < -0.4 is 11.2 Å². The molecule has 0 fully saturated rings. The Morgan fingerprint density at radius 2 is 2.27 bits per heavy atom. The zero-order valence-electron chi connectivity index (χ0n) is 8.20. The van der Waals surface area contributed by atoms with E-state index in [0.29, 0.717) is 11.9 Å². The van der Waals surface area contributed by atoms with Gasteiger partial charge in [0, 0.05) is 11.0 Å². The number of halogens is 1. The molecule has 0 aliphatic rings. The Bertz CT molecular complexity index is 577. The third-order valence-corrected chi connectivity index (χ3v) is 2.74. The number of benzene rings is 1. The summed E-state index contributed by atoms with van der Waals surface area (Å²) >= 11 is 3.33. The van der Waals surface area contributed by atoms with E-state index in [1.165, 1.54) is 0 Å². The normalized spacial score (nSPS) is 10.8. The predicted molar refractivity (Wildman–Crippen MR) is 63.8 cm³/mol. The first-order valence-corrected chi connectivity index (χ1v) is 5.38. The van der Waals surface area contributed by atoms with Crippen molar-refractivity contribution in [2.24, 2.45) is 0 Å². The van der Waals surface area contributed by atoms with Gasteiger partial charge < -0.3 is 5.73 Å². The standard InChI is InChI=1S/C10H10BrN3O/c1-2-14-8-4-3-6(11)5-7(8)9(15)10(12)13-14/h3-5H,2H2,1H3,(H2,12,13). The lowest BCUT2D eigenvalue weighted by Gasteiger charge is -2.07. The Balaban J connectivity index is 2.96. The second-order valence-corrected chi connectivity index (χ2v) is 4.11. The average Bonchev–Trinajstić information content (AvgIpc) is 2.23. The van der Waals surface area contributed by atoms with E-state index in [4.69, 9.17) is 5.73 Å². The molecule has 0 aliphatic carbocycles. The number of aryl methyl sites for hydroxylation is 1. The SMILES string of the molecule is CCn1nc(N)c(=O)c2cc(Br)ccc21. The monoisotopic (exact) mass is 267 g/mol. The molecule has 1 aromatic heterocycles. The summed E-state index contributed by atoms with van der Waals surface area (Å²) in [6, 6.07) is 5.50. The summed E-state index contributed by atoms with van der Waals surface area (Å²) in [7, 11) is 0. The highest BCUT2D eigenvalue weighted by Crippen LogP contribution is 2.17. The molecule has 0 spiro atoms. The molecule has 2 rings (SSSR count). The average molecular weight is 268 g/mol. The molecule has 1 aromatic carbocycles. The van der Waals surface area contributed by atoms with E-state index in [0.717, 1.165) is 9.99 Å². The van der Waals surface area contributed by atoms with Crippen molar-refractivity contribution in [1.29, 1.82) is 0 Å². The number of hydrogen-bond donors (Lipinski definition) is 1. The van der Waals surface area contributed by atoms with Gasteiger partial charge in [0.1, 0.15) is 0 Å².